The summed E-state index contributed by atoms with van der Waals surface area (Å²) >= 11 is 0. The van der Waals surface area contributed by atoms with E-state index in [0.29, 0.717) is 32.5 Å². The van der Waals surface area contributed by atoms with Crippen LogP contribution in [0, 0.1) is 5.41 Å². The van der Waals surface area contributed by atoms with E-state index < -0.39 is 11.7 Å². The zero-order valence-corrected chi connectivity index (χ0v) is 18.8. The van der Waals surface area contributed by atoms with Crippen molar-refractivity contribution in [2.75, 3.05) is 25.4 Å². The van der Waals surface area contributed by atoms with Gasteiger partial charge in [0.1, 0.15) is 5.65 Å². The maximum absolute atomic E-state index is 12.8. The van der Waals surface area contributed by atoms with Crippen LogP contribution in [0.25, 0.3) is 11.0 Å². The lowest BCUT2D eigenvalue weighted by molar-refractivity contribution is -0.140. The Morgan fingerprint density at radius 2 is 1.94 bits per heavy atom. The highest BCUT2D eigenvalue weighted by atomic mass is 16.6. The highest BCUT2D eigenvalue weighted by molar-refractivity contribution is 6.03. The van der Waals surface area contributed by atoms with Crippen LogP contribution in [0.3, 0.4) is 0 Å². The van der Waals surface area contributed by atoms with Gasteiger partial charge in [0.05, 0.1) is 0 Å². The molecule has 0 radical (unpaired) electrons. The van der Waals surface area contributed by atoms with Crippen molar-refractivity contribution in [1.82, 2.24) is 24.3 Å². The molecule has 4 rings (SSSR count). The molecule has 2 amide bonds. The van der Waals surface area contributed by atoms with E-state index in [1.165, 1.54) is 4.90 Å². The molecule has 2 saturated heterocycles. The molecular formula is C22H32N6O3. The fourth-order valence-electron chi connectivity index (χ4n) is 4.52. The van der Waals surface area contributed by atoms with Gasteiger partial charge in [0.15, 0.2) is 5.60 Å². The van der Waals surface area contributed by atoms with Gasteiger partial charge in [-0.15, -0.1) is 0 Å². The molecule has 31 heavy (non-hydrogen) atoms. The number of nitrogens with zero attached hydrogens (tertiary/aromatic N) is 5. The van der Waals surface area contributed by atoms with Crippen molar-refractivity contribution >= 4 is 29.0 Å². The summed E-state index contributed by atoms with van der Waals surface area (Å²) in [6.45, 7) is 11.8. The first-order valence-electron chi connectivity index (χ1n) is 11.0. The Hall–Kier alpha value is -2.68. The number of amides is 2. The van der Waals surface area contributed by atoms with Gasteiger partial charge in [0.25, 0.3) is 5.91 Å². The molecule has 0 aliphatic carbocycles. The fraction of sp³-hybridized carbons (Fsp3) is 0.636. The normalized spacial score (nSPS) is 19.5. The van der Waals surface area contributed by atoms with Crippen LogP contribution in [-0.2, 0) is 22.6 Å². The molecule has 1 spiro atoms. The van der Waals surface area contributed by atoms with Crippen molar-refractivity contribution in [2.45, 2.75) is 65.6 Å². The number of anilines is 1. The third-order valence-electron chi connectivity index (χ3n) is 6.01. The minimum absolute atomic E-state index is 0.0690. The number of carbonyl (C=O) groups excluding carboxylic acids is 2. The van der Waals surface area contributed by atoms with E-state index in [-0.39, 0.29) is 17.3 Å². The molecule has 2 aliphatic heterocycles. The first-order valence-corrected chi connectivity index (χ1v) is 11.0. The Morgan fingerprint density at radius 3 is 2.58 bits per heavy atom. The van der Waals surface area contributed by atoms with Crippen LogP contribution < -0.4 is 5.73 Å². The van der Waals surface area contributed by atoms with Gasteiger partial charge in [-0.3, -0.25) is 9.69 Å². The second kappa shape index (κ2) is 7.78. The molecule has 168 valence electrons. The van der Waals surface area contributed by atoms with Gasteiger partial charge < -0.3 is 15.0 Å². The summed E-state index contributed by atoms with van der Waals surface area (Å²) in [7, 11) is 0. The van der Waals surface area contributed by atoms with Gasteiger partial charge in [-0.1, -0.05) is 27.7 Å². The summed E-state index contributed by atoms with van der Waals surface area (Å²) in [6, 6.07) is 2.12. The van der Waals surface area contributed by atoms with E-state index in [4.69, 9.17) is 10.5 Å². The molecule has 2 aromatic rings. The molecule has 2 aliphatic rings. The SMILES string of the molecule is CCCN1C(=O)OC2(CCN(Cc3cc4cnc(N)nc4n3CC(C)(C)C)CC2)C1=O. The minimum Gasteiger partial charge on any atom is -0.432 e. The lowest BCUT2D eigenvalue weighted by Gasteiger charge is -2.36. The van der Waals surface area contributed by atoms with Crippen molar-refractivity contribution < 1.29 is 14.3 Å². The van der Waals surface area contributed by atoms with E-state index in [1.807, 2.05) is 6.92 Å². The van der Waals surface area contributed by atoms with Gasteiger partial charge in [-0.2, -0.15) is 4.98 Å². The quantitative estimate of drug-likeness (QED) is 0.780. The molecule has 0 unspecified atom stereocenters. The van der Waals surface area contributed by atoms with E-state index in [0.717, 1.165) is 36.2 Å². The number of fused-ring (bicyclic) bond motifs is 1. The average molecular weight is 429 g/mol. The zero-order chi connectivity index (χ0) is 22.4. The molecule has 9 nitrogen and oxygen atoms in total. The average Bonchev–Trinajstić information content (AvgIpc) is 3.12. The molecule has 2 N–H and O–H groups in total. The van der Waals surface area contributed by atoms with E-state index in [9.17, 15) is 9.59 Å². The van der Waals surface area contributed by atoms with Gasteiger partial charge >= 0.3 is 6.09 Å². The molecule has 0 bridgehead atoms. The Bertz CT molecular complexity index is 1000. The Labute approximate surface area is 182 Å². The number of likely N-dealkylation sites (tertiary alicyclic amines) is 1. The van der Waals surface area contributed by atoms with Crippen LogP contribution in [0.2, 0.25) is 0 Å². The smallest absolute Gasteiger partial charge is 0.417 e. The topological polar surface area (TPSA) is 107 Å². The van der Waals surface area contributed by atoms with Gasteiger partial charge in [-0.25, -0.2) is 14.7 Å². The van der Waals surface area contributed by atoms with Gasteiger partial charge in [-0.05, 0) is 17.9 Å². The molecule has 2 fully saturated rings. The molecule has 2 aromatic heterocycles. The standard InChI is InChI=1S/C22H32N6O3/c1-5-8-27-18(29)22(31-20(27)30)6-9-26(10-7-22)13-16-11-15-12-24-19(23)25-17(15)28(16)14-21(2,3)4/h11-12H,5-10,13-14H2,1-4H3,(H2,23,24,25). The Morgan fingerprint density at radius 1 is 1.23 bits per heavy atom. The van der Waals surface area contributed by atoms with Crippen LogP contribution in [0.1, 0.15) is 52.7 Å². The number of hydrogen-bond donors (Lipinski definition) is 1. The molecular weight excluding hydrogens is 396 g/mol. The predicted molar refractivity (Wildman–Crippen MR) is 117 cm³/mol. The van der Waals surface area contributed by atoms with Crippen molar-refractivity contribution in [1.29, 1.82) is 0 Å². The first-order chi connectivity index (χ1) is 14.6. The van der Waals surface area contributed by atoms with E-state index in [1.54, 1.807) is 6.20 Å². The minimum atomic E-state index is -0.985. The van der Waals surface area contributed by atoms with Crippen LogP contribution >= 0.6 is 0 Å². The fourth-order valence-corrected chi connectivity index (χ4v) is 4.52. The highest BCUT2D eigenvalue weighted by Crippen LogP contribution is 2.35. The number of carbonyl (C=O) groups is 2. The maximum Gasteiger partial charge on any atom is 0.417 e. The van der Waals surface area contributed by atoms with Crippen LogP contribution in [0.15, 0.2) is 12.3 Å². The van der Waals surface area contributed by atoms with Crippen LogP contribution in [0.5, 0.6) is 0 Å². The number of imide groups is 1. The second-order valence-electron chi connectivity index (χ2n) is 9.88. The lowest BCUT2D eigenvalue weighted by Crippen LogP contribution is -2.50. The van der Waals surface area contributed by atoms with Crippen molar-refractivity contribution in [2.24, 2.45) is 5.41 Å². The molecule has 9 heteroatoms. The first kappa shape index (κ1) is 21.5. The molecule has 4 heterocycles. The monoisotopic (exact) mass is 428 g/mol. The summed E-state index contributed by atoms with van der Waals surface area (Å²) in [4.78, 5) is 37.2. The highest BCUT2D eigenvalue weighted by Gasteiger charge is 2.54. The summed E-state index contributed by atoms with van der Waals surface area (Å²) in [5.41, 5.74) is 6.92. The lowest BCUT2D eigenvalue weighted by atomic mass is 9.90. The summed E-state index contributed by atoms with van der Waals surface area (Å²) in [6.07, 6.45) is 3.04. The Kier molecular flexibility index (Phi) is 5.41. The number of hydrogen-bond acceptors (Lipinski definition) is 7. The second-order valence-corrected chi connectivity index (χ2v) is 9.88. The number of rotatable bonds is 5. The summed E-state index contributed by atoms with van der Waals surface area (Å²) < 4.78 is 7.81. The zero-order valence-electron chi connectivity index (χ0n) is 18.8. The van der Waals surface area contributed by atoms with Crippen molar-refractivity contribution in [3.63, 3.8) is 0 Å². The van der Waals surface area contributed by atoms with Gasteiger partial charge in [0, 0.05) is 62.8 Å². The van der Waals surface area contributed by atoms with E-state index in [2.05, 4.69) is 46.3 Å². The predicted octanol–water partition coefficient (Wildman–Crippen LogP) is 2.78. The number of aromatic nitrogens is 3. The van der Waals surface area contributed by atoms with Crippen LogP contribution in [0.4, 0.5) is 10.7 Å². The molecule has 0 aromatic carbocycles. The van der Waals surface area contributed by atoms with E-state index >= 15 is 0 Å². The van der Waals surface area contributed by atoms with Crippen molar-refractivity contribution in [3.05, 3.63) is 18.0 Å². The van der Waals surface area contributed by atoms with Crippen LogP contribution in [-0.4, -0.2) is 61.6 Å². The third-order valence-corrected chi connectivity index (χ3v) is 6.01. The summed E-state index contributed by atoms with van der Waals surface area (Å²) in [5.74, 6) is 0.0945. The summed E-state index contributed by atoms with van der Waals surface area (Å²) in [5, 5.41) is 0.969. The third kappa shape index (κ3) is 4.11. The molecule has 0 atom stereocenters. The largest absolute Gasteiger partial charge is 0.432 e. The maximum atomic E-state index is 12.8. The molecule has 0 saturated carbocycles. The van der Waals surface area contributed by atoms with Crippen molar-refractivity contribution in [3.8, 4) is 0 Å². The van der Waals surface area contributed by atoms with Gasteiger partial charge in [0.2, 0.25) is 5.95 Å². The number of nitrogens with two attached hydrogens (primary N) is 1. The number of nitrogen functional groups attached to an aromatic ring is 1. The Balaban J connectivity index is 1.52. The number of ether oxygens (including phenoxy) is 1. The number of piperidine rings is 1.